The minimum absolute atomic E-state index is 0.00652. The summed E-state index contributed by atoms with van der Waals surface area (Å²) in [5, 5.41) is 14.0. The Hall–Kier alpha value is -3.41. The summed E-state index contributed by atoms with van der Waals surface area (Å²) in [6.07, 6.45) is 0.721. The Balaban J connectivity index is 2.35. The van der Waals surface area contributed by atoms with Gasteiger partial charge in [0.1, 0.15) is 0 Å². The van der Waals surface area contributed by atoms with Crippen molar-refractivity contribution in [3.63, 3.8) is 0 Å². The molecule has 0 saturated carbocycles. The standard InChI is InChI=1S/C20H19NO5/c1-13(2)26-20(25)18(22)12-17(14-7-4-3-5-8-14)21-16-10-6-9-15(11-16)19(23)24/h3-13,21H,1-2H3,(H,23,24)/p-1/b17-12-. The number of hydrogen-bond acceptors (Lipinski definition) is 6. The normalized spacial score (nSPS) is 11.1. The van der Waals surface area contributed by atoms with E-state index in [1.54, 1.807) is 50.2 Å². The van der Waals surface area contributed by atoms with E-state index in [1.807, 2.05) is 6.07 Å². The molecule has 0 aromatic heterocycles. The van der Waals surface area contributed by atoms with Crippen molar-refractivity contribution in [2.75, 3.05) is 5.32 Å². The van der Waals surface area contributed by atoms with Crippen LogP contribution in [0.5, 0.6) is 0 Å². The van der Waals surface area contributed by atoms with Gasteiger partial charge in [0, 0.05) is 17.5 Å². The number of carbonyl (C=O) groups excluding carboxylic acids is 3. The first kappa shape index (κ1) is 18.9. The number of esters is 1. The lowest BCUT2D eigenvalue weighted by molar-refractivity contribution is -0.255. The van der Waals surface area contributed by atoms with Crippen LogP contribution < -0.4 is 10.4 Å². The van der Waals surface area contributed by atoms with E-state index >= 15 is 0 Å². The zero-order valence-electron chi connectivity index (χ0n) is 14.4. The number of rotatable bonds is 7. The fourth-order valence-electron chi connectivity index (χ4n) is 2.15. The van der Waals surface area contributed by atoms with E-state index in [-0.39, 0.29) is 5.56 Å². The summed E-state index contributed by atoms with van der Waals surface area (Å²) >= 11 is 0. The van der Waals surface area contributed by atoms with Gasteiger partial charge in [-0.3, -0.25) is 4.79 Å². The van der Waals surface area contributed by atoms with Crippen LogP contribution in [0.15, 0.2) is 60.7 Å². The number of ether oxygens (including phenoxy) is 1. The molecule has 0 amide bonds. The second-order valence-corrected chi connectivity index (χ2v) is 5.74. The summed E-state index contributed by atoms with van der Waals surface area (Å²) in [6, 6.07) is 14.8. The second kappa shape index (κ2) is 8.62. The molecule has 0 heterocycles. The predicted octanol–water partition coefficient (Wildman–Crippen LogP) is 2.02. The Labute approximate surface area is 151 Å². The number of anilines is 1. The highest BCUT2D eigenvalue weighted by atomic mass is 16.5. The first-order valence-electron chi connectivity index (χ1n) is 7.97. The molecule has 6 heteroatoms. The largest absolute Gasteiger partial charge is 0.545 e. The van der Waals surface area contributed by atoms with Crippen molar-refractivity contribution in [2.24, 2.45) is 0 Å². The van der Waals surface area contributed by atoms with E-state index < -0.39 is 23.8 Å². The van der Waals surface area contributed by atoms with Crippen molar-refractivity contribution in [3.8, 4) is 0 Å². The summed E-state index contributed by atoms with van der Waals surface area (Å²) in [5.41, 5.74) is 1.42. The average molecular weight is 352 g/mol. The molecule has 0 atom stereocenters. The molecule has 2 aromatic rings. The molecule has 0 aliphatic heterocycles. The van der Waals surface area contributed by atoms with Gasteiger partial charge in [-0.05, 0) is 37.1 Å². The van der Waals surface area contributed by atoms with Crippen LogP contribution in [0.3, 0.4) is 0 Å². The van der Waals surface area contributed by atoms with E-state index in [9.17, 15) is 19.5 Å². The highest BCUT2D eigenvalue weighted by Gasteiger charge is 2.16. The van der Waals surface area contributed by atoms with Crippen LogP contribution in [0.1, 0.15) is 29.8 Å². The monoisotopic (exact) mass is 352 g/mol. The number of carboxylic acid groups (broad SMARTS) is 1. The van der Waals surface area contributed by atoms with Crippen LogP contribution in [0.25, 0.3) is 5.70 Å². The van der Waals surface area contributed by atoms with Gasteiger partial charge in [0.2, 0.25) is 0 Å². The molecule has 0 unspecified atom stereocenters. The molecule has 0 aliphatic rings. The number of hydrogen-bond donors (Lipinski definition) is 1. The lowest BCUT2D eigenvalue weighted by Gasteiger charge is -2.13. The molecule has 0 saturated heterocycles. The fraction of sp³-hybridized carbons (Fsp3) is 0.150. The molecule has 0 radical (unpaired) electrons. The SMILES string of the molecule is CC(C)OC(=O)C(=O)/C=C(\Nc1cccc(C(=O)[O-])c1)c1ccccc1. The summed E-state index contributed by atoms with van der Waals surface area (Å²) in [7, 11) is 0. The number of carbonyl (C=O) groups is 3. The number of carboxylic acids is 1. The first-order chi connectivity index (χ1) is 12.4. The third kappa shape index (κ3) is 5.31. The third-order valence-corrected chi connectivity index (χ3v) is 3.28. The summed E-state index contributed by atoms with van der Waals surface area (Å²) in [5.74, 6) is -3.09. The smallest absolute Gasteiger partial charge is 0.379 e. The predicted molar refractivity (Wildman–Crippen MR) is 95.0 cm³/mol. The van der Waals surface area contributed by atoms with Crippen molar-refractivity contribution < 1.29 is 24.2 Å². The van der Waals surface area contributed by atoms with Gasteiger partial charge in [0.15, 0.2) is 0 Å². The van der Waals surface area contributed by atoms with E-state index in [2.05, 4.69) is 5.32 Å². The Morgan fingerprint density at radius 2 is 1.65 bits per heavy atom. The van der Waals surface area contributed by atoms with Gasteiger partial charge in [-0.1, -0.05) is 42.5 Å². The van der Waals surface area contributed by atoms with Crippen molar-refractivity contribution in [1.82, 2.24) is 0 Å². The van der Waals surface area contributed by atoms with E-state index in [0.29, 0.717) is 16.9 Å². The minimum Gasteiger partial charge on any atom is -0.545 e. The zero-order valence-corrected chi connectivity index (χ0v) is 14.4. The molecule has 0 bridgehead atoms. The molecular weight excluding hydrogens is 334 g/mol. The Bertz CT molecular complexity index is 840. The van der Waals surface area contributed by atoms with Crippen molar-refractivity contribution >= 4 is 29.1 Å². The molecule has 2 rings (SSSR count). The Morgan fingerprint density at radius 3 is 2.27 bits per heavy atom. The fourth-order valence-corrected chi connectivity index (χ4v) is 2.15. The Morgan fingerprint density at radius 1 is 1.00 bits per heavy atom. The molecule has 1 N–H and O–H groups in total. The van der Waals surface area contributed by atoms with Gasteiger partial charge in [0.25, 0.3) is 5.78 Å². The second-order valence-electron chi connectivity index (χ2n) is 5.74. The molecule has 26 heavy (non-hydrogen) atoms. The quantitative estimate of drug-likeness (QED) is 0.465. The van der Waals surface area contributed by atoms with Gasteiger partial charge >= 0.3 is 5.97 Å². The highest BCUT2D eigenvalue weighted by molar-refractivity contribution is 6.39. The maximum absolute atomic E-state index is 12.1. The van der Waals surface area contributed by atoms with Crippen molar-refractivity contribution in [1.29, 1.82) is 0 Å². The molecule has 2 aromatic carbocycles. The summed E-state index contributed by atoms with van der Waals surface area (Å²) < 4.78 is 4.90. The first-order valence-corrected chi connectivity index (χ1v) is 7.97. The van der Waals surface area contributed by atoms with Crippen LogP contribution in [0.2, 0.25) is 0 Å². The van der Waals surface area contributed by atoms with Gasteiger partial charge in [0.05, 0.1) is 12.1 Å². The van der Waals surface area contributed by atoms with Crippen molar-refractivity contribution in [2.45, 2.75) is 20.0 Å². The van der Waals surface area contributed by atoms with Crippen LogP contribution in [-0.2, 0) is 14.3 Å². The molecule has 0 spiro atoms. The van der Waals surface area contributed by atoms with Crippen molar-refractivity contribution in [3.05, 3.63) is 71.8 Å². The molecule has 0 aliphatic carbocycles. The average Bonchev–Trinajstić information content (AvgIpc) is 2.61. The van der Waals surface area contributed by atoms with E-state index in [0.717, 1.165) is 6.08 Å². The molecule has 134 valence electrons. The molecular formula is C20H18NO5-. The number of ketones is 1. The zero-order chi connectivity index (χ0) is 19.1. The lowest BCUT2D eigenvalue weighted by atomic mass is 10.1. The number of aromatic carboxylic acids is 1. The number of nitrogens with one attached hydrogen (secondary N) is 1. The van der Waals surface area contributed by atoms with Crippen LogP contribution in [-0.4, -0.2) is 23.8 Å². The summed E-state index contributed by atoms with van der Waals surface area (Å²) in [4.78, 5) is 34.9. The van der Waals surface area contributed by atoms with Gasteiger partial charge in [-0.15, -0.1) is 0 Å². The molecule has 0 fully saturated rings. The molecule has 6 nitrogen and oxygen atoms in total. The van der Waals surface area contributed by atoms with E-state index in [4.69, 9.17) is 4.74 Å². The minimum atomic E-state index is -1.31. The van der Waals surface area contributed by atoms with Crippen LogP contribution in [0, 0.1) is 0 Å². The number of benzene rings is 2. The van der Waals surface area contributed by atoms with Gasteiger partial charge in [-0.25, -0.2) is 4.79 Å². The highest BCUT2D eigenvalue weighted by Crippen LogP contribution is 2.20. The topological polar surface area (TPSA) is 95.5 Å². The Kier molecular flexibility index (Phi) is 6.27. The van der Waals surface area contributed by atoms with Crippen LogP contribution >= 0.6 is 0 Å². The maximum atomic E-state index is 12.1. The third-order valence-electron chi connectivity index (χ3n) is 3.28. The summed E-state index contributed by atoms with van der Waals surface area (Å²) in [6.45, 7) is 3.30. The van der Waals surface area contributed by atoms with E-state index in [1.165, 1.54) is 12.1 Å². The van der Waals surface area contributed by atoms with Gasteiger partial charge < -0.3 is 20.0 Å². The van der Waals surface area contributed by atoms with Crippen LogP contribution in [0.4, 0.5) is 5.69 Å². The van der Waals surface area contributed by atoms with Gasteiger partial charge in [-0.2, -0.15) is 0 Å². The maximum Gasteiger partial charge on any atom is 0.379 e. The lowest BCUT2D eigenvalue weighted by Crippen LogP contribution is -2.22.